The number of aliphatic hydroxyl groups excluding tert-OH is 1. The molecule has 0 bridgehead atoms. The summed E-state index contributed by atoms with van der Waals surface area (Å²) in [5.41, 5.74) is 1.38. The molecule has 0 aromatic carbocycles. The van der Waals surface area contributed by atoms with E-state index in [0.29, 0.717) is 17.5 Å². The quantitative estimate of drug-likeness (QED) is 0.655. The van der Waals surface area contributed by atoms with Crippen LogP contribution in [0.5, 0.6) is 0 Å². The van der Waals surface area contributed by atoms with E-state index in [9.17, 15) is 9.50 Å². The SMILES string of the molecule is CCCCNc1ncc(-c2ccc(F)cn2)c(N[C@H]2CC[C@H](O)CC2)n1. The van der Waals surface area contributed by atoms with Crippen LogP contribution in [0.15, 0.2) is 24.5 Å². The van der Waals surface area contributed by atoms with E-state index in [4.69, 9.17) is 0 Å². The zero-order valence-electron chi connectivity index (χ0n) is 15.1. The minimum atomic E-state index is -0.372. The van der Waals surface area contributed by atoms with Crippen LogP contribution in [0.2, 0.25) is 0 Å². The van der Waals surface area contributed by atoms with Crippen LogP contribution < -0.4 is 10.6 Å². The second-order valence-electron chi connectivity index (χ2n) is 6.75. The Morgan fingerprint density at radius 3 is 2.65 bits per heavy atom. The summed E-state index contributed by atoms with van der Waals surface area (Å²) in [6, 6.07) is 3.26. The monoisotopic (exact) mass is 359 g/mol. The van der Waals surface area contributed by atoms with E-state index in [1.165, 1.54) is 12.3 Å². The van der Waals surface area contributed by atoms with Crippen LogP contribution in [0.25, 0.3) is 11.3 Å². The molecule has 1 aliphatic carbocycles. The lowest BCUT2D eigenvalue weighted by atomic mass is 9.93. The summed E-state index contributed by atoms with van der Waals surface area (Å²) in [4.78, 5) is 13.2. The average Bonchev–Trinajstić information content (AvgIpc) is 2.65. The number of nitrogens with one attached hydrogen (secondary N) is 2. The molecule has 0 amide bonds. The lowest BCUT2D eigenvalue weighted by molar-refractivity contribution is 0.126. The van der Waals surface area contributed by atoms with Crippen LogP contribution in [0.3, 0.4) is 0 Å². The van der Waals surface area contributed by atoms with Crippen molar-refractivity contribution in [1.29, 1.82) is 0 Å². The van der Waals surface area contributed by atoms with Gasteiger partial charge in [0.2, 0.25) is 5.95 Å². The second kappa shape index (κ2) is 8.89. The molecule has 1 fully saturated rings. The van der Waals surface area contributed by atoms with E-state index in [0.717, 1.165) is 50.6 Å². The van der Waals surface area contributed by atoms with Gasteiger partial charge in [0.1, 0.15) is 11.6 Å². The smallest absolute Gasteiger partial charge is 0.224 e. The molecule has 0 spiro atoms. The maximum Gasteiger partial charge on any atom is 0.224 e. The molecule has 7 heteroatoms. The van der Waals surface area contributed by atoms with Crippen LogP contribution >= 0.6 is 0 Å². The highest BCUT2D eigenvalue weighted by molar-refractivity contribution is 5.72. The highest BCUT2D eigenvalue weighted by atomic mass is 19.1. The summed E-state index contributed by atoms with van der Waals surface area (Å²) < 4.78 is 13.2. The molecule has 2 aromatic heterocycles. The number of nitrogens with zero attached hydrogens (tertiary/aromatic N) is 3. The molecule has 0 unspecified atom stereocenters. The first-order chi connectivity index (χ1) is 12.7. The third kappa shape index (κ3) is 4.88. The number of hydrogen-bond acceptors (Lipinski definition) is 6. The van der Waals surface area contributed by atoms with Crippen LogP contribution in [-0.4, -0.2) is 38.7 Å². The molecule has 0 atom stereocenters. The molecule has 3 rings (SSSR count). The molecular formula is C19H26FN5O. The largest absolute Gasteiger partial charge is 0.393 e. The van der Waals surface area contributed by atoms with Crippen LogP contribution in [0.4, 0.5) is 16.2 Å². The fraction of sp³-hybridized carbons (Fsp3) is 0.526. The van der Waals surface area contributed by atoms with Gasteiger partial charge < -0.3 is 15.7 Å². The molecule has 3 N–H and O–H groups in total. The summed E-state index contributed by atoms with van der Waals surface area (Å²) in [5, 5.41) is 16.4. The van der Waals surface area contributed by atoms with Crippen LogP contribution in [0.1, 0.15) is 45.4 Å². The van der Waals surface area contributed by atoms with Crippen molar-refractivity contribution in [3.8, 4) is 11.3 Å². The second-order valence-corrected chi connectivity index (χ2v) is 6.75. The first kappa shape index (κ1) is 18.5. The van der Waals surface area contributed by atoms with Crippen molar-refractivity contribution in [2.24, 2.45) is 0 Å². The molecular weight excluding hydrogens is 333 g/mol. The fourth-order valence-corrected chi connectivity index (χ4v) is 3.09. The van der Waals surface area contributed by atoms with Gasteiger partial charge in [-0.3, -0.25) is 4.98 Å². The van der Waals surface area contributed by atoms with E-state index in [1.807, 2.05) is 0 Å². The van der Waals surface area contributed by atoms with Gasteiger partial charge in [-0.05, 0) is 44.2 Å². The Bertz CT molecular complexity index is 702. The average molecular weight is 359 g/mol. The maximum absolute atomic E-state index is 13.2. The number of aliphatic hydroxyl groups is 1. The number of hydrogen-bond donors (Lipinski definition) is 3. The minimum absolute atomic E-state index is 0.206. The Kier molecular flexibility index (Phi) is 6.33. The normalized spacial score (nSPS) is 20.0. The van der Waals surface area contributed by atoms with E-state index in [1.54, 1.807) is 12.3 Å². The van der Waals surface area contributed by atoms with Gasteiger partial charge >= 0.3 is 0 Å². The van der Waals surface area contributed by atoms with Gasteiger partial charge in [-0.2, -0.15) is 4.98 Å². The number of aromatic nitrogens is 3. The standard InChI is InChI=1S/C19H26FN5O/c1-2-3-10-21-19-23-12-16(17-9-4-13(20)11-22-17)18(25-19)24-14-5-7-15(26)8-6-14/h4,9,11-12,14-15,26H,2-3,5-8,10H2,1H3,(H2,21,23,24,25)/t14-,15-. The summed E-state index contributed by atoms with van der Waals surface area (Å²) in [7, 11) is 0. The van der Waals surface area contributed by atoms with Crippen LogP contribution in [0, 0.1) is 5.82 Å². The first-order valence-electron chi connectivity index (χ1n) is 9.33. The number of halogens is 1. The molecule has 1 aliphatic rings. The summed E-state index contributed by atoms with van der Waals surface area (Å²) in [6.07, 6.45) is 8.21. The molecule has 2 heterocycles. The molecule has 140 valence electrons. The molecule has 26 heavy (non-hydrogen) atoms. The summed E-state index contributed by atoms with van der Waals surface area (Å²) in [5.74, 6) is 0.894. The number of unbranched alkanes of at least 4 members (excludes halogenated alkanes) is 1. The number of anilines is 2. The lowest BCUT2D eigenvalue weighted by Gasteiger charge is -2.27. The van der Waals surface area contributed by atoms with Gasteiger partial charge in [0.05, 0.1) is 23.6 Å². The lowest BCUT2D eigenvalue weighted by Crippen LogP contribution is -2.29. The summed E-state index contributed by atoms with van der Waals surface area (Å²) in [6.45, 7) is 2.95. The van der Waals surface area contributed by atoms with Crippen molar-refractivity contribution < 1.29 is 9.50 Å². The van der Waals surface area contributed by atoms with Crippen molar-refractivity contribution in [1.82, 2.24) is 15.0 Å². The number of rotatable bonds is 7. The van der Waals surface area contributed by atoms with Gasteiger partial charge in [0.15, 0.2) is 0 Å². The fourth-order valence-electron chi connectivity index (χ4n) is 3.09. The minimum Gasteiger partial charge on any atom is -0.393 e. The highest BCUT2D eigenvalue weighted by Gasteiger charge is 2.21. The highest BCUT2D eigenvalue weighted by Crippen LogP contribution is 2.28. The van der Waals surface area contributed by atoms with E-state index >= 15 is 0 Å². The zero-order valence-corrected chi connectivity index (χ0v) is 15.1. The van der Waals surface area contributed by atoms with Crippen LogP contribution in [-0.2, 0) is 0 Å². The third-order valence-corrected chi connectivity index (χ3v) is 4.64. The van der Waals surface area contributed by atoms with E-state index < -0.39 is 0 Å². The van der Waals surface area contributed by atoms with Gasteiger partial charge in [-0.25, -0.2) is 9.37 Å². The molecule has 1 saturated carbocycles. The predicted octanol–water partition coefficient (Wildman–Crippen LogP) is 3.61. The van der Waals surface area contributed by atoms with Crippen molar-refractivity contribution in [3.63, 3.8) is 0 Å². The Morgan fingerprint density at radius 2 is 1.96 bits per heavy atom. The topological polar surface area (TPSA) is 83.0 Å². The predicted molar refractivity (Wildman–Crippen MR) is 101 cm³/mol. The Balaban J connectivity index is 1.83. The number of pyridine rings is 1. The van der Waals surface area contributed by atoms with Gasteiger partial charge in [-0.15, -0.1) is 0 Å². The van der Waals surface area contributed by atoms with Crippen molar-refractivity contribution in [2.45, 2.75) is 57.6 Å². The molecule has 0 aliphatic heterocycles. The third-order valence-electron chi connectivity index (χ3n) is 4.64. The first-order valence-corrected chi connectivity index (χ1v) is 9.33. The Labute approximate surface area is 153 Å². The maximum atomic E-state index is 13.2. The zero-order chi connectivity index (χ0) is 18.4. The van der Waals surface area contributed by atoms with Gasteiger partial charge in [0, 0.05) is 18.8 Å². The van der Waals surface area contributed by atoms with Crippen molar-refractivity contribution >= 4 is 11.8 Å². The summed E-state index contributed by atoms with van der Waals surface area (Å²) >= 11 is 0. The molecule has 2 aromatic rings. The van der Waals surface area contributed by atoms with E-state index in [-0.39, 0.29) is 18.0 Å². The Morgan fingerprint density at radius 1 is 1.15 bits per heavy atom. The van der Waals surface area contributed by atoms with Gasteiger partial charge in [0.25, 0.3) is 0 Å². The van der Waals surface area contributed by atoms with Gasteiger partial charge in [-0.1, -0.05) is 13.3 Å². The molecule has 0 saturated heterocycles. The van der Waals surface area contributed by atoms with E-state index in [2.05, 4.69) is 32.5 Å². The Hall–Kier alpha value is -2.28. The molecule has 6 nitrogen and oxygen atoms in total. The molecule has 0 radical (unpaired) electrons. The van der Waals surface area contributed by atoms with Crippen molar-refractivity contribution in [2.75, 3.05) is 17.2 Å². The van der Waals surface area contributed by atoms with Crippen molar-refractivity contribution in [3.05, 3.63) is 30.3 Å².